The third kappa shape index (κ3) is 5.92. The van der Waals surface area contributed by atoms with Crippen LogP contribution in [0.15, 0.2) is 48.7 Å². The number of aromatic nitrogens is 2. The SMILES string of the molecule is CC(C)S(=O)(=O)Nc1ccc(C(=O)N[C@H]2CC[C@@H](Nc3cccc4nc(C(F)(F)F)cn34)CC2)cc1. The first-order valence-corrected chi connectivity index (χ1v) is 13.2. The van der Waals surface area contributed by atoms with Crippen molar-refractivity contribution < 1.29 is 26.4 Å². The highest BCUT2D eigenvalue weighted by Gasteiger charge is 2.34. The number of amides is 1. The molecular weight excluding hydrogens is 495 g/mol. The molecule has 1 amide bonds. The van der Waals surface area contributed by atoms with Gasteiger partial charge in [-0.2, -0.15) is 13.2 Å². The highest BCUT2D eigenvalue weighted by atomic mass is 32.2. The molecule has 3 N–H and O–H groups in total. The van der Waals surface area contributed by atoms with Crippen LogP contribution in [0.4, 0.5) is 24.7 Å². The average Bonchev–Trinajstić information content (AvgIpc) is 3.27. The lowest BCUT2D eigenvalue weighted by Gasteiger charge is -2.30. The fourth-order valence-corrected chi connectivity index (χ4v) is 4.80. The summed E-state index contributed by atoms with van der Waals surface area (Å²) in [5.74, 6) is 0.295. The molecule has 1 fully saturated rings. The summed E-state index contributed by atoms with van der Waals surface area (Å²) >= 11 is 0. The Labute approximate surface area is 207 Å². The number of sulfonamides is 1. The van der Waals surface area contributed by atoms with Gasteiger partial charge in [-0.25, -0.2) is 13.4 Å². The largest absolute Gasteiger partial charge is 0.434 e. The van der Waals surface area contributed by atoms with Crippen LogP contribution < -0.4 is 15.4 Å². The Balaban J connectivity index is 1.31. The molecule has 4 rings (SSSR count). The van der Waals surface area contributed by atoms with Crippen LogP contribution >= 0.6 is 0 Å². The first-order chi connectivity index (χ1) is 16.9. The Hall–Kier alpha value is -3.28. The van der Waals surface area contributed by atoms with Crippen molar-refractivity contribution in [3.63, 3.8) is 0 Å². The number of nitrogens with zero attached hydrogens (tertiary/aromatic N) is 2. The summed E-state index contributed by atoms with van der Waals surface area (Å²) in [6, 6.07) is 11.2. The van der Waals surface area contributed by atoms with Crippen LogP contribution in [0.2, 0.25) is 0 Å². The molecule has 0 unspecified atom stereocenters. The standard InChI is InChI=1S/C24H28F3N5O3S/c1-15(2)36(34,35)31-19-8-6-16(7-9-19)23(33)29-18-12-10-17(11-13-18)28-21-4-3-5-22-30-20(14-32(21)22)24(25,26)27/h3-9,14-15,17-18,28,31H,10-13H2,1-2H3,(H,29,33)/t17-,18+. The van der Waals surface area contributed by atoms with Gasteiger partial charge in [-0.05, 0) is 75.9 Å². The smallest absolute Gasteiger partial charge is 0.368 e. The van der Waals surface area contributed by atoms with Crippen LogP contribution in [0.5, 0.6) is 0 Å². The van der Waals surface area contributed by atoms with Crippen LogP contribution in [0.25, 0.3) is 5.65 Å². The number of rotatable bonds is 7. The Bertz CT molecular complexity index is 1330. The molecular formula is C24H28F3N5O3S. The van der Waals surface area contributed by atoms with Crippen LogP contribution in [0.1, 0.15) is 55.6 Å². The lowest BCUT2D eigenvalue weighted by Crippen LogP contribution is -2.40. The number of imidazole rings is 1. The first-order valence-electron chi connectivity index (χ1n) is 11.7. The number of pyridine rings is 1. The molecule has 1 aromatic carbocycles. The number of halogens is 3. The second-order valence-corrected chi connectivity index (χ2v) is 11.4. The molecule has 0 radical (unpaired) electrons. The highest BCUT2D eigenvalue weighted by molar-refractivity contribution is 7.93. The molecule has 1 aliphatic carbocycles. The monoisotopic (exact) mass is 523 g/mol. The van der Waals surface area contributed by atoms with Crippen LogP contribution in [-0.2, 0) is 16.2 Å². The van der Waals surface area contributed by atoms with Gasteiger partial charge in [0.2, 0.25) is 10.0 Å². The van der Waals surface area contributed by atoms with Gasteiger partial charge in [0, 0.05) is 29.5 Å². The van der Waals surface area contributed by atoms with Crippen LogP contribution in [-0.4, -0.2) is 41.0 Å². The molecule has 194 valence electrons. The van der Waals surface area contributed by atoms with Gasteiger partial charge in [0.25, 0.3) is 5.91 Å². The fourth-order valence-electron chi connectivity index (χ4n) is 4.10. The molecule has 3 aromatic rings. The molecule has 0 saturated heterocycles. The van der Waals surface area contributed by atoms with Crippen molar-refractivity contribution in [1.29, 1.82) is 0 Å². The third-order valence-electron chi connectivity index (χ3n) is 6.22. The zero-order valence-electron chi connectivity index (χ0n) is 19.8. The Morgan fingerprint density at radius 2 is 1.67 bits per heavy atom. The van der Waals surface area contributed by atoms with E-state index in [0.717, 1.165) is 19.0 Å². The van der Waals surface area contributed by atoms with Gasteiger partial charge in [-0.15, -0.1) is 0 Å². The van der Waals surface area contributed by atoms with Crippen molar-refractivity contribution in [2.75, 3.05) is 10.0 Å². The van der Waals surface area contributed by atoms with Crippen LogP contribution in [0.3, 0.4) is 0 Å². The van der Waals surface area contributed by atoms with Crippen molar-refractivity contribution in [3.8, 4) is 0 Å². The number of nitrogens with one attached hydrogen (secondary N) is 3. The number of carbonyl (C=O) groups is 1. The normalized spacial score (nSPS) is 18.8. The average molecular weight is 524 g/mol. The number of anilines is 2. The maximum atomic E-state index is 13.0. The summed E-state index contributed by atoms with van der Waals surface area (Å²) in [6.45, 7) is 3.16. The second-order valence-electron chi connectivity index (χ2n) is 9.20. The minimum atomic E-state index is -4.51. The van der Waals surface area contributed by atoms with E-state index in [-0.39, 0.29) is 23.6 Å². The fraction of sp³-hybridized carbons (Fsp3) is 0.417. The van der Waals surface area contributed by atoms with E-state index >= 15 is 0 Å². The van der Waals surface area contributed by atoms with E-state index in [0.29, 0.717) is 29.9 Å². The quantitative estimate of drug-likeness (QED) is 0.418. The minimum absolute atomic E-state index is 0.0319. The zero-order chi connectivity index (χ0) is 26.1. The third-order valence-corrected chi connectivity index (χ3v) is 7.99. The van der Waals surface area contributed by atoms with E-state index in [4.69, 9.17) is 0 Å². The molecule has 0 aliphatic heterocycles. The number of hydrogen-bond acceptors (Lipinski definition) is 5. The first kappa shape index (κ1) is 25.8. The van der Waals surface area contributed by atoms with Gasteiger partial charge in [0.15, 0.2) is 5.69 Å². The second kappa shape index (κ2) is 10.00. The lowest BCUT2D eigenvalue weighted by atomic mass is 9.91. The van der Waals surface area contributed by atoms with E-state index < -0.39 is 27.1 Å². The van der Waals surface area contributed by atoms with Gasteiger partial charge in [-0.1, -0.05) is 6.07 Å². The van der Waals surface area contributed by atoms with E-state index in [1.165, 1.54) is 10.5 Å². The molecule has 0 bridgehead atoms. The Kier molecular flexibility index (Phi) is 7.17. The molecule has 0 atom stereocenters. The summed E-state index contributed by atoms with van der Waals surface area (Å²) in [5.41, 5.74) is 0.0990. The van der Waals surface area contributed by atoms with Gasteiger partial charge in [0.1, 0.15) is 11.5 Å². The van der Waals surface area contributed by atoms with E-state index in [9.17, 15) is 26.4 Å². The number of fused-ring (bicyclic) bond motifs is 1. The van der Waals surface area contributed by atoms with Gasteiger partial charge in [0.05, 0.1) is 5.25 Å². The van der Waals surface area contributed by atoms with Crippen molar-refractivity contribution >= 4 is 33.1 Å². The van der Waals surface area contributed by atoms with Crippen molar-refractivity contribution in [1.82, 2.24) is 14.7 Å². The summed E-state index contributed by atoms with van der Waals surface area (Å²) in [6.07, 6.45) is -0.631. The molecule has 36 heavy (non-hydrogen) atoms. The number of alkyl halides is 3. The number of hydrogen-bond donors (Lipinski definition) is 3. The predicted molar refractivity (Wildman–Crippen MR) is 131 cm³/mol. The summed E-state index contributed by atoms with van der Waals surface area (Å²) in [7, 11) is -3.46. The lowest BCUT2D eigenvalue weighted by molar-refractivity contribution is -0.140. The van der Waals surface area contributed by atoms with E-state index in [1.54, 1.807) is 50.2 Å². The maximum Gasteiger partial charge on any atom is 0.434 e. The zero-order valence-corrected chi connectivity index (χ0v) is 20.7. The molecule has 0 spiro atoms. The van der Waals surface area contributed by atoms with E-state index in [1.807, 2.05) is 0 Å². The van der Waals surface area contributed by atoms with Gasteiger partial charge < -0.3 is 10.6 Å². The maximum absolute atomic E-state index is 13.0. The molecule has 1 saturated carbocycles. The predicted octanol–water partition coefficient (Wildman–Crippen LogP) is 4.66. The highest BCUT2D eigenvalue weighted by Crippen LogP contribution is 2.30. The van der Waals surface area contributed by atoms with Gasteiger partial charge >= 0.3 is 6.18 Å². The molecule has 2 heterocycles. The summed E-state index contributed by atoms with van der Waals surface area (Å²) in [5, 5.41) is 5.75. The number of carbonyl (C=O) groups excluding carboxylic acids is 1. The molecule has 1 aliphatic rings. The van der Waals surface area contributed by atoms with Crippen molar-refractivity contribution in [3.05, 3.63) is 59.9 Å². The number of benzene rings is 1. The minimum Gasteiger partial charge on any atom is -0.368 e. The van der Waals surface area contributed by atoms with Crippen molar-refractivity contribution in [2.24, 2.45) is 0 Å². The van der Waals surface area contributed by atoms with E-state index in [2.05, 4.69) is 20.3 Å². The molecule has 2 aromatic heterocycles. The Morgan fingerprint density at radius 3 is 2.28 bits per heavy atom. The van der Waals surface area contributed by atoms with Crippen LogP contribution in [0, 0.1) is 0 Å². The summed E-state index contributed by atoms with van der Waals surface area (Å²) < 4.78 is 67.0. The molecule has 12 heteroatoms. The summed E-state index contributed by atoms with van der Waals surface area (Å²) in [4.78, 5) is 16.3. The topological polar surface area (TPSA) is 105 Å². The van der Waals surface area contributed by atoms with Crippen molar-refractivity contribution in [2.45, 2.75) is 63.0 Å². The molecule has 8 nitrogen and oxygen atoms in total. The Morgan fingerprint density at radius 1 is 1.03 bits per heavy atom. The van der Waals surface area contributed by atoms with Gasteiger partial charge in [-0.3, -0.25) is 13.9 Å².